The lowest BCUT2D eigenvalue weighted by Crippen LogP contribution is -2.19. The number of hydrogen-bond donors (Lipinski definition) is 3. The summed E-state index contributed by atoms with van der Waals surface area (Å²) < 4.78 is 0. The molecule has 0 fully saturated rings. The molecule has 1 aromatic carbocycles. The first kappa shape index (κ1) is 13.1. The van der Waals surface area contributed by atoms with E-state index in [9.17, 15) is 4.79 Å². The van der Waals surface area contributed by atoms with Gasteiger partial charge in [0.2, 0.25) is 0 Å². The van der Waals surface area contributed by atoms with E-state index in [0.29, 0.717) is 11.3 Å². The van der Waals surface area contributed by atoms with Gasteiger partial charge in [-0.2, -0.15) is 0 Å². The summed E-state index contributed by atoms with van der Waals surface area (Å²) in [6.07, 6.45) is 2.68. The fourth-order valence-corrected chi connectivity index (χ4v) is 1.54. The van der Waals surface area contributed by atoms with Crippen LogP contribution in [0.1, 0.15) is 23.7 Å². The Morgan fingerprint density at radius 3 is 2.88 bits per heavy atom. The lowest BCUT2D eigenvalue weighted by atomic mass is 10.1. The molecule has 92 valence electrons. The molecular formula is C13H19N3O. The van der Waals surface area contributed by atoms with Gasteiger partial charge in [-0.1, -0.05) is 6.08 Å². The van der Waals surface area contributed by atoms with Gasteiger partial charge < -0.3 is 16.4 Å². The highest BCUT2D eigenvalue weighted by atomic mass is 16.1. The number of carbonyl (C=O) groups excluding carboxylic acids is 1. The fraction of sp³-hybridized carbons (Fsp3) is 0.308. The lowest BCUT2D eigenvalue weighted by Gasteiger charge is -2.16. The van der Waals surface area contributed by atoms with Gasteiger partial charge in [0, 0.05) is 18.7 Å². The Bertz CT molecular complexity index is 415. The fourth-order valence-electron chi connectivity index (χ4n) is 1.54. The number of nitrogens with two attached hydrogens (primary N) is 1. The maximum absolute atomic E-state index is 11.5. The second-order valence-corrected chi connectivity index (χ2v) is 3.95. The summed E-state index contributed by atoms with van der Waals surface area (Å²) in [5.74, 6) is -0.121. The molecule has 0 radical (unpaired) electrons. The van der Waals surface area contributed by atoms with Crippen LogP contribution < -0.4 is 16.4 Å². The smallest absolute Gasteiger partial charge is 0.251 e. The van der Waals surface area contributed by atoms with Crippen molar-refractivity contribution in [3.63, 3.8) is 0 Å². The van der Waals surface area contributed by atoms with Crippen molar-refractivity contribution in [1.29, 1.82) is 0 Å². The van der Waals surface area contributed by atoms with Gasteiger partial charge in [-0.25, -0.2) is 0 Å². The normalized spacial score (nSPS) is 11.6. The third-order valence-corrected chi connectivity index (χ3v) is 2.46. The molecule has 4 N–H and O–H groups in total. The SMILES string of the molecule is C=CCC(C)Nc1cc(C(=O)NC)ccc1N. The summed E-state index contributed by atoms with van der Waals surface area (Å²) in [5.41, 5.74) is 7.86. The average molecular weight is 233 g/mol. The topological polar surface area (TPSA) is 67.2 Å². The Morgan fingerprint density at radius 2 is 2.29 bits per heavy atom. The van der Waals surface area contributed by atoms with E-state index in [4.69, 9.17) is 5.73 Å². The molecule has 17 heavy (non-hydrogen) atoms. The first-order valence-corrected chi connectivity index (χ1v) is 5.57. The summed E-state index contributed by atoms with van der Waals surface area (Å²) in [4.78, 5) is 11.5. The molecule has 1 atom stereocenters. The summed E-state index contributed by atoms with van der Waals surface area (Å²) in [6.45, 7) is 5.72. The predicted molar refractivity (Wildman–Crippen MR) is 72.1 cm³/mol. The van der Waals surface area contributed by atoms with Gasteiger partial charge in [0.25, 0.3) is 5.91 Å². The first-order valence-electron chi connectivity index (χ1n) is 5.57. The minimum absolute atomic E-state index is 0.121. The highest BCUT2D eigenvalue weighted by Gasteiger charge is 2.08. The Balaban J connectivity index is 2.90. The third kappa shape index (κ3) is 3.52. The van der Waals surface area contributed by atoms with Gasteiger partial charge in [-0.05, 0) is 31.5 Å². The van der Waals surface area contributed by atoms with Crippen LogP contribution >= 0.6 is 0 Å². The molecule has 0 heterocycles. The minimum Gasteiger partial charge on any atom is -0.397 e. The number of rotatable bonds is 5. The number of carbonyl (C=O) groups is 1. The highest BCUT2D eigenvalue weighted by molar-refractivity contribution is 5.96. The van der Waals surface area contributed by atoms with E-state index in [1.807, 2.05) is 13.0 Å². The molecule has 0 aromatic heterocycles. The van der Waals surface area contributed by atoms with E-state index < -0.39 is 0 Å². The van der Waals surface area contributed by atoms with Crippen LogP contribution in [0.4, 0.5) is 11.4 Å². The zero-order valence-corrected chi connectivity index (χ0v) is 10.3. The number of amides is 1. The van der Waals surface area contributed by atoms with Crippen molar-refractivity contribution < 1.29 is 4.79 Å². The Morgan fingerprint density at radius 1 is 1.59 bits per heavy atom. The molecule has 0 aliphatic rings. The van der Waals surface area contributed by atoms with Gasteiger partial charge in [-0.15, -0.1) is 6.58 Å². The largest absolute Gasteiger partial charge is 0.397 e. The maximum atomic E-state index is 11.5. The van der Waals surface area contributed by atoms with Crippen LogP contribution in [0.15, 0.2) is 30.9 Å². The van der Waals surface area contributed by atoms with E-state index in [1.165, 1.54) is 0 Å². The molecule has 0 saturated carbocycles. The summed E-state index contributed by atoms with van der Waals surface area (Å²) >= 11 is 0. The van der Waals surface area contributed by atoms with Crippen molar-refractivity contribution in [2.24, 2.45) is 0 Å². The van der Waals surface area contributed by atoms with Gasteiger partial charge in [-0.3, -0.25) is 4.79 Å². The maximum Gasteiger partial charge on any atom is 0.251 e. The van der Waals surface area contributed by atoms with Crippen LogP contribution in [0, 0.1) is 0 Å². The molecule has 0 aliphatic heterocycles. The molecule has 4 nitrogen and oxygen atoms in total. The molecular weight excluding hydrogens is 214 g/mol. The van der Waals surface area contributed by atoms with Crippen molar-refractivity contribution in [2.75, 3.05) is 18.1 Å². The Kier molecular flexibility index (Phi) is 4.57. The quantitative estimate of drug-likeness (QED) is 0.538. The van der Waals surface area contributed by atoms with Gasteiger partial charge >= 0.3 is 0 Å². The van der Waals surface area contributed by atoms with Crippen LogP contribution in [0.5, 0.6) is 0 Å². The molecule has 4 heteroatoms. The first-order chi connectivity index (χ1) is 8.08. The van der Waals surface area contributed by atoms with Crippen LogP contribution in [0.25, 0.3) is 0 Å². The second kappa shape index (κ2) is 5.94. The molecule has 1 rings (SSSR count). The van der Waals surface area contributed by atoms with Crippen molar-refractivity contribution in [3.8, 4) is 0 Å². The molecule has 0 spiro atoms. The number of benzene rings is 1. The average Bonchev–Trinajstić information content (AvgIpc) is 2.31. The molecule has 1 amide bonds. The van der Waals surface area contributed by atoms with E-state index >= 15 is 0 Å². The molecule has 1 unspecified atom stereocenters. The monoisotopic (exact) mass is 233 g/mol. The molecule has 0 aliphatic carbocycles. The summed E-state index contributed by atoms with van der Waals surface area (Å²) in [7, 11) is 1.60. The number of nitrogens with one attached hydrogen (secondary N) is 2. The zero-order chi connectivity index (χ0) is 12.8. The van der Waals surface area contributed by atoms with Gasteiger partial charge in [0.1, 0.15) is 0 Å². The number of anilines is 2. The van der Waals surface area contributed by atoms with Crippen molar-refractivity contribution >= 4 is 17.3 Å². The second-order valence-electron chi connectivity index (χ2n) is 3.95. The zero-order valence-electron chi connectivity index (χ0n) is 10.3. The Labute approximate surface area is 102 Å². The van der Waals surface area contributed by atoms with E-state index in [0.717, 1.165) is 12.1 Å². The van der Waals surface area contributed by atoms with Crippen LogP contribution in [0.2, 0.25) is 0 Å². The third-order valence-electron chi connectivity index (χ3n) is 2.46. The molecule has 0 bridgehead atoms. The standard InChI is InChI=1S/C13H19N3O/c1-4-5-9(2)16-12-8-10(13(17)15-3)6-7-11(12)14/h4,6-9,16H,1,5,14H2,2-3H3,(H,15,17). The highest BCUT2D eigenvalue weighted by Crippen LogP contribution is 2.21. The van der Waals surface area contributed by atoms with Gasteiger partial charge in [0.15, 0.2) is 0 Å². The lowest BCUT2D eigenvalue weighted by molar-refractivity contribution is 0.0963. The predicted octanol–water partition coefficient (Wildman–Crippen LogP) is 2.00. The van der Waals surface area contributed by atoms with E-state index in [2.05, 4.69) is 17.2 Å². The van der Waals surface area contributed by atoms with Gasteiger partial charge in [0.05, 0.1) is 11.4 Å². The van der Waals surface area contributed by atoms with E-state index in [1.54, 1.807) is 25.2 Å². The molecule has 1 aromatic rings. The summed E-state index contributed by atoms with van der Waals surface area (Å²) in [5, 5.41) is 5.84. The van der Waals surface area contributed by atoms with Crippen molar-refractivity contribution in [3.05, 3.63) is 36.4 Å². The van der Waals surface area contributed by atoms with Crippen LogP contribution in [-0.2, 0) is 0 Å². The van der Waals surface area contributed by atoms with Crippen LogP contribution in [-0.4, -0.2) is 19.0 Å². The van der Waals surface area contributed by atoms with E-state index in [-0.39, 0.29) is 11.9 Å². The van der Waals surface area contributed by atoms with Crippen molar-refractivity contribution in [2.45, 2.75) is 19.4 Å². The van der Waals surface area contributed by atoms with Crippen molar-refractivity contribution in [1.82, 2.24) is 5.32 Å². The van der Waals surface area contributed by atoms with Crippen LogP contribution in [0.3, 0.4) is 0 Å². The molecule has 0 saturated heterocycles. The number of hydrogen-bond acceptors (Lipinski definition) is 3. The number of nitrogen functional groups attached to an aromatic ring is 1. The minimum atomic E-state index is -0.121. The Hall–Kier alpha value is -1.97. The summed E-state index contributed by atoms with van der Waals surface area (Å²) in [6, 6.07) is 5.42.